The van der Waals surface area contributed by atoms with E-state index in [0.717, 1.165) is 16.2 Å². The summed E-state index contributed by atoms with van der Waals surface area (Å²) in [6, 6.07) is -0.876. The number of nitrogen functional groups attached to an aromatic ring is 1. The summed E-state index contributed by atoms with van der Waals surface area (Å²) in [6.07, 6.45) is 1.41. The van der Waals surface area contributed by atoms with Gasteiger partial charge in [-0.15, -0.1) is 23.1 Å². The number of nitrogens with zero attached hydrogens (tertiary/aromatic N) is 3. The summed E-state index contributed by atoms with van der Waals surface area (Å²) in [7, 11) is 1.27. The number of aliphatic carboxylic acids is 1. The lowest BCUT2D eigenvalue weighted by atomic mass is 10.0. The smallest absolute Gasteiger partial charge is 0.276 e. The first kappa shape index (κ1) is 17.2. The van der Waals surface area contributed by atoms with Gasteiger partial charge in [0.2, 0.25) is 0 Å². The van der Waals surface area contributed by atoms with E-state index in [1.165, 1.54) is 30.3 Å². The number of carbonyl (C=O) groups excluding carboxylic acids is 3. The van der Waals surface area contributed by atoms with Crippen molar-refractivity contribution in [1.29, 1.82) is 0 Å². The van der Waals surface area contributed by atoms with E-state index in [0.29, 0.717) is 5.75 Å². The summed E-state index contributed by atoms with van der Waals surface area (Å²) in [5.74, 6) is -2.24. The maximum absolute atomic E-state index is 12.5. The highest BCUT2D eigenvalue weighted by atomic mass is 32.2. The Morgan fingerprint density at radius 2 is 2.32 bits per heavy atom. The van der Waals surface area contributed by atoms with Crippen LogP contribution in [0, 0.1) is 0 Å². The Morgan fingerprint density at radius 3 is 2.92 bits per heavy atom. The van der Waals surface area contributed by atoms with Crippen LogP contribution in [0.25, 0.3) is 0 Å². The van der Waals surface area contributed by atoms with Crippen molar-refractivity contribution in [2.75, 3.05) is 18.6 Å². The summed E-state index contributed by atoms with van der Waals surface area (Å²) < 4.78 is 0. The normalized spacial score (nSPS) is 22.6. The number of nitrogens with one attached hydrogen (secondary N) is 1. The Labute approximate surface area is 149 Å². The fourth-order valence-corrected chi connectivity index (χ4v) is 4.17. The third-order valence-electron chi connectivity index (χ3n) is 3.50. The number of carboxylic acids is 1. The van der Waals surface area contributed by atoms with Crippen molar-refractivity contribution in [2.45, 2.75) is 11.4 Å². The van der Waals surface area contributed by atoms with Gasteiger partial charge in [-0.25, -0.2) is 4.98 Å². The van der Waals surface area contributed by atoms with Gasteiger partial charge in [-0.2, -0.15) is 0 Å². The lowest BCUT2D eigenvalue weighted by Gasteiger charge is -2.49. The van der Waals surface area contributed by atoms with Crippen LogP contribution >= 0.6 is 23.1 Å². The van der Waals surface area contributed by atoms with Gasteiger partial charge in [0, 0.05) is 11.1 Å². The lowest BCUT2D eigenvalue weighted by Crippen LogP contribution is -2.71. The quantitative estimate of drug-likeness (QED) is 0.341. The number of carbonyl (C=O) groups is 3. The molecule has 1 saturated heterocycles. The number of aromatic nitrogens is 1. The zero-order valence-electron chi connectivity index (χ0n) is 12.8. The van der Waals surface area contributed by atoms with Crippen molar-refractivity contribution in [3.8, 4) is 0 Å². The molecule has 10 nitrogen and oxygen atoms in total. The molecule has 3 rings (SSSR count). The van der Waals surface area contributed by atoms with E-state index in [1.807, 2.05) is 0 Å². The monoisotopic (exact) mass is 382 g/mol. The minimum Gasteiger partial charge on any atom is -0.543 e. The number of anilines is 1. The largest absolute Gasteiger partial charge is 0.543 e. The predicted octanol–water partition coefficient (Wildman–Crippen LogP) is -1.89. The Morgan fingerprint density at radius 1 is 1.56 bits per heavy atom. The third kappa shape index (κ3) is 3.05. The molecule has 25 heavy (non-hydrogen) atoms. The number of β-lactam (4-membered cyclic amide) rings is 1. The number of thioether (sulfide) groups is 1. The van der Waals surface area contributed by atoms with Crippen molar-refractivity contribution < 1.29 is 24.3 Å². The van der Waals surface area contributed by atoms with E-state index < -0.39 is 29.2 Å². The number of hydrogen-bond acceptors (Lipinski definition) is 10. The molecule has 2 aliphatic heterocycles. The Kier molecular flexibility index (Phi) is 4.63. The highest BCUT2D eigenvalue weighted by Crippen LogP contribution is 2.37. The predicted molar refractivity (Wildman–Crippen MR) is 88.2 cm³/mol. The summed E-state index contributed by atoms with van der Waals surface area (Å²) >= 11 is 2.46. The van der Waals surface area contributed by atoms with Gasteiger partial charge in [-0.3, -0.25) is 14.5 Å². The first-order chi connectivity index (χ1) is 11.9. The van der Waals surface area contributed by atoms with Crippen molar-refractivity contribution in [1.82, 2.24) is 15.2 Å². The summed E-state index contributed by atoms with van der Waals surface area (Å²) in [5, 5.41) is 18.5. The second kappa shape index (κ2) is 6.72. The zero-order chi connectivity index (χ0) is 18.1. The van der Waals surface area contributed by atoms with E-state index in [9.17, 15) is 19.5 Å². The van der Waals surface area contributed by atoms with Gasteiger partial charge in [0.25, 0.3) is 11.8 Å². The van der Waals surface area contributed by atoms with Crippen molar-refractivity contribution in [2.24, 2.45) is 5.16 Å². The molecule has 0 spiro atoms. The molecule has 2 aliphatic rings. The fraction of sp³-hybridized carbons (Fsp3) is 0.308. The Bertz CT molecular complexity index is 804. The van der Waals surface area contributed by atoms with Crippen molar-refractivity contribution in [3.05, 3.63) is 22.8 Å². The van der Waals surface area contributed by atoms with Crippen LogP contribution in [0.1, 0.15) is 5.69 Å². The standard InChI is InChI=1S/C13H13N5O5S2/c1-23-17-7(5-4-25-13(14)15-5)9(19)16-8-10(20)18-6(12(21)22)2-3-24-11(8)18/h2,4,8,11H,3H2,1H3,(H2,14,15)(H,16,19)(H,21,22)/p-1/t8-,11?/m1/s1. The maximum Gasteiger partial charge on any atom is 0.276 e. The first-order valence-electron chi connectivity index (χ1n) is 6.93. The van der Waals surface area contributed by atoms with Crippen LogP contribution in [-0.4, -0.2) is 57.7 Å². The van der Waals surface area contributed by atoms with Gasteiger partial charge >= 0.3 is 0 Å². The molecule has 0 aromatic carbocycles. The van der Waals surface area contributed by atoms with E-state index >= 15 is 0 Å². The van der Waals surface area contributed by atoms with Crippen molar-refractivity contribution in [3.63, 3.8) is 0 Å². The van der Waals surface area contributed by atoms with Gasteiger partial charge in [0.15, 0.2) is 10.8 Å². The average molecular weight is 382 g/mol. The molecular weight excluding hydrogens is 370 g/mol. The summed E-state index contributed by atoms with van der Waals surface area (Å²) in [4.78, 5) is 45.5. The van der Waals surface area contributed by atoms with Gasteiger partial charge in [0.1, 0.15) is 24.2 Å². The average Bonchev–Trinajstić information content (AvgIpc) is 3.02. The molecule has 2 amide bonds. The molecule has 132 valence electrons. The van der Waals surface area contributed by atoms with E-state index in [-0.39, 0.29) is 22.2 Å². The minimum absolute atomic E-state index is 0.127. The number of rotatable bonds is 5. The highest BCUT2D eigenvalue weighted by Gasteiger charge is 2.51. The second-order valence-corrected chi connectivity index (χ2v) is 6.99. The molecule has 0 bridgehead atoms. The molecule has 1 aromatic rings. The number of hydrogen-bond donors (Lipinski definition) is 2. The van der Waals surface area contributed by atoms with Crippen LogP contribution in [0.2, 0.25) is 0 Å². The Balaban J connectivity index is 1.75. The second-order valence-electron chi connectivity index (χ2n) is 4.95. The molecule has 3 heterocycles. The zero-order valence-corrected chi connectivity index (χ0v) is 14.4. The maximum atomic E-state index is 12.5. The number of thiazole rings is 1. The molecular formula is C13H12N5O5S2-. The van der Waals surface area contributed by atoms with Gasteiger partial charge in [-0.05, 0) is 6.08 Å². The number of oxime groups is 1. The van der Waals surface area contributed by atoms with Crippen LogP contribution < -0.4 is 16.2 Å². The topological polar surface area (TPSA) is 150 Å². The molecule has 1 unspecified atom stereocenters. The van der Waals surface area contributed by atoms with E-state index in [1.54, 1.807) is 0 Å². The van der Waals surface area contributed by atoms with Crippen LogP contribution in [0.3, 0.4) is 0 Å². The van der Waals surface area contributed by atoms with Crippen LogP contribution in [0.15, 0.2) is 22.3 Å². The molecule has 1 fully saturated rings. The molecule has 12 heteroatoms. The molecule has 1 aromatic heterocycles. The summed E-state index contributed by atoms with van der Waals surface area (Å²) in [5.41, 5.74) is 5.46. The number of fused-ring (bicyclic) bond motifs is 1. The third-order valence-corrected chi connectivity index (χ3v) is 5.36. The highest BCUT2D eigenvalue weighted by molar-refractivity contribution is 8.00. The van der Waals surface area contributed by atoms with Crippen molar-refractivity contribution >= 4 is 51.7 Å². The SMILES string of the molecule is CON=C(C(=O)N[C@@H]1C(=O)N2C(C(=O)[O-])=CCSC12)c1csc(N)n1. The summed E-state index contributed by atoms with van der Waals surface area (Å²) in [6.45, 7) is 0. The van der Waals surface area contributed by atoms with Gasteiger partial charge in [-0.1, -0.05) is 5.16 Å². The van der Waals surface area contributed by atoms with Crippen LogP contribution in [0.5, 0.6) is 0 Å². The molecule has 0 radical (unpaired) electrons. The molecule has 0 saturated carbocycles. The Hall–Kier alpha value is -2.60. The number of carboxylic acid groups (broad SMARTS) is 1. The molecule has 0 aliphatic carbocycles. The number of amides is 2. The van der Waals surface area contributed by atoms with E-state index in [4.69, 9.17) is 5.73 Å². The first-order valence-corrected chi connectivity index (χ1v) is 8.86. The number of nitrogens with two attached hydrogens (primary N) is 1. The van der Waals surface area contributed by atoms with E-state index in [2.05, 4.69) is 20.3 Å². The van der Waals surface area contributed by atoms with Gasteiger partial charge in [0.05, 0.1) is 11.7 Å². The van der Waals surface area contributed by atoms with Crippen LogP contribution in [-0.2, 0) is 19.2 Å². The van der Waals surface area contributed by atoms with Gasteiger partial charge < -0.3 is 25.8 Å². The molecule has 2 atom stereocenters. The molecule has 3 N–H and O–H groups in total. The minimum atomic E-state index is -1.43. The lowest BCUT2D eigenvalue weighted by molar-refractivity contribution is -0.301. The fourth-order valence-electron chi connectivity index (χ4n) is 2.43. The van der Waals surface area contributed by atoms with Crippen LogP contribution in [0.4, 0.5) is 5.13 Å².